The van der Waals surface area contributed by atoms with Crippen LogP contribution in [-0.4, -0.2) is 62.7 Å². The summed E-state index contributed by atoms with van der Waals surface area (Å²) in [6, 6.07) is 2.34. The Balaban J connectivity index is 4.12. The van der Waals surface area contributed by atoms with Crippen molar-refractivity contribution >= 4 is 0 Å². The maximum absolute atomic E-state index is 9.11. The summed E-state index contributed by atoms with van der Waals surface area (Å²) >= 11 is 0. The van der Waals surface area contributed by atoms with Crippen LogP contribution in [0.25, 0.3) is 0 Å². The molecule has 0 aliphatic heterocycles. The standard InChI is InChI=1S/C13H28N4/c1-6-8-17(11-10-16(4)5)9-7-13(2,12-14)15-3/h15H,6-11H2,1-5H3. The molecule has 1 N–H and O–H groups in total. The summed E-state index contributed by atoms with van der Waals surface area (Å²) in [6.45, 7) is 8.40. The number of nitriles is 1. The van der Waals surface area contributed by atoms with Crippen molar-refractivity contribution in [3.63, 3.8) is 0 Å². The predicted molar refractivity (Wildman–Crippen MR) is 73.0 cm³/mol. The van der Waals surface area contributed by atoms with Gasteiger partial charge in [0.05, 0.1) is 6.07 Å². The lowest BCUT2D eigenvalue weighted by Crippen LogP contribution is -2.43. The molecule has 0 saturated carbocycles. The van der Waals surface area contributed by atoms with Crippen molar-refractivity contribution in [1.29, 1.82) is 5.26 Å². The van der Waals surface area contributed by atoms with Crippen LogP contribution in [0.5, 0.6) is 0 Å². The summed E-state index contributed by atoms with van der Waals surface area (Å²) < 4.78 is 0. The number of hydrogen-bond acceptors (Lipinski definition) is 4. The minimum atomic E-state index is -0.399. The first-order valence-electron chi connectivity index (χ1n) is 6.44. The second-order valence-electron chi connectivity index (χ2n) is 5.09. The molecule has 4 nitrogen and oxygen atoms in total. The van der Waals surface area contributed by atoms with Gasteiger partial charge >= 0.3 is 0 Å². The Kier molecular flexibility index (Phi) is 8.15. The van der Waals surface area contributed by atoms with Gasteiger partial charge in [-0.15, -0.1) is 0 Å². The van der Waals surface area contributed by atoms with Gasteiger partial charge in [0.15, 0.2) is 0 Å². The van der Waals surface area contributed by atoms with Crippen molar-refractivity contribution in [3.8, 4) is 6.07 Å². The first-order valence-corrected chi connectivity index (χ1v) is 6.44. The van der Waals surface area contributed by atoms with Crippen molar-refractivity contribution in [3.05, 3.63) is 0 Å². The smallest absolute Gasteiger partial charge is 0.104 e. The van der Waals surface area contributed by atoms with E-state index in [9.17, 15) is 0 Å². The van der Waals surface area contributed by atoms with Crippen LogP contribution in [0.4, 0.5) is 0 Å². The van der Waals surface area contributed by atoms with E-state index in [4.69, 9.17) is 5.26 Å². The predicted octanol–water partition coefficient (Wildman–Crippen LogP) is 1.15. The van der Waals surface area contributed by atoms with Gasteiger partial charge in [-0.25, -0.2) is 0 Å². The molecule has 4 heteroatoms. The summed E-state index contributed by atoms with van der Waals surface area (Å²) in [5.74, 6) is 0. The minimum Gasteiger partial charge on any atom is -0.308 e. The van der Waals surface area contributed by atoms with Crippen molar-refractivity contribution < 1.29 is 0 Å². The zero-order valence-electron chi connectivity index (χ0n) is 12.1. The third-order valence-corrected chi connectivity index (χ3v) is 3.13. The molecule has 0 aromatic heterocycles. The Bertz CT molecular complexity index is 234. The van der Waals surface area contributed by atoms with E-state index >= 15 is 0 Å². The molecule has 0 aromatic rings. The largest absolute Gasteiger partial charge is 0.308 e. The molecule has 0 spiro atoms. The van der Waals surface area contributed by atoms with E-state index in [1.54, 1.807) is 0 Å². The zero-order valence-corrected chi connectivity index (χ0v) is 12.1. The van der Waals surface area contributed by atoms with Crippen LogP contribution in [0.1, 0.15) is 26.7 Å². The average Bonchev–Trinajstić information content (AvgIpc) is 2.32. The van der Waals surface area contributed by atoms with Gasteiger partial charge in [0.2, 0.25) is 0 Å². The minimum absolute atomic E-state index is 0.399. The Morgan fingerprint density at radius 2 is 1.82 bits per heavy atom. The van der Waals surface area contributed by atoms with Gasteiger partial charge in [0, 0.05) is 19.6 Å². The Morgan fingerprint density at radius 3 is 2.24 bits per heavy atom. The fraction of sp³-hybridized carbons (Fsp3) is 0.923. The zero-order chi connectivity index (χ0) is 13.3. The molecule has 0 saturated heterocycles. The van der Waals surface area contributed by atoms with Crippen LogP contribution in [0, 0.1) is 11.3 Å². The summed E-state index contributed by atoms with van der Waals surface area (Å²) in [6.07, 6.45) is 2.03. The summed E-state index contributed by atoms with van der Waals surface area (Å²) in [4.78, 5) is 4.64. The van der Waals surface area contributed by atoms with Crippen molar-refractivity contribution in [2.75, 3.05) is 47.3 Å². The third-order valence-electron chi connectivity index (χ3n) is 3.13. The van der Waals surface area contributed by atoms with E-state index in [-0.39, 0.29) is 0 Å². The molecule has 1 unspecified atom stereocenters. The van der Waals surface area contributed by atoms with Crippen LogP contribution in [0.2, 0.25) is 0 Å². The molecule has 0 aliphatic carbocycles. The third kappa shape index (κ3) is 7.32. The highest BCUT2D eigenvalue weighted by Gasteiger charge is 2.21. The van der Waals surface area contributed by atoms with E-state index in [1.807, 2.05) is 14.0 Å². The van der Waals surface area contributed by atoms with Crippen molar-refractivity contribution in [1.82, 2.24) is 15.1 Å². The molecule has 0 aromatic carbocycles. The van der Waals surface area contributed by atoms with Crippen molar-refractivity contribution in [2.24, 2.45) is 0 Å². The quantitative estimate of drug-likeness (QED) is 0.656. The Morgan fingerprint density at radius 1 is 1.18 bits per heavy atom. The highest BCUT2D eigenvalue weighted by atomic mass is 15.2. The van der Waals surface area contributed by atoms with E-state index in [0.29, 0.717) is 0 Å². The van der Waals surface area contributed by atoms with E-state index in [1.165, 1.54) is 0 Å². The highest BCUT2D eigenvalue weighted by molar-refractivity contribution is 5.03. The number of hydrogen-bond donors (Lipinski definition) is 1. The van der Waals surface area contributed by atoms with Gasteiger partial charge in [-0.2, -0.15) is 5.26 Å². The van der Waals surface area contributed by atoms with E-state index in [0.717, 1.165) is 39.0 Å². The lowest BCUT2D eigenvalue weighted by molar-refractivity contribution is 0.223. The van der Waals surface area contributed by atoms with Gasteiger partial charge in [-0.3, -0.25) is 0 Å². The number of nitrogens with one attached hydrogen (secondary N) is 1. The maximum Gasteiger partial charge on any atom is 0.104 e. The SMILES string of the molecule is CCCN(CCN(C)C)CCC(C)(C#N)NC. The van der Waals surface area contributed by atoms with Crippen molar-refractivity contribution in [2.45, 2.75) is 32.2 Å². The Hall–Kier alpha value is -0.630. The normalized spacial score (nSPS) is 14.9. The molecule has 0 aliphatic rings. The molecule has 1 atom stereocenters. The number of likely N-dealkylation sites (N-methyl/N-ethyl adjacent to an activating group) is 1. The summed E-state index contributed by atoms with van der Waals surface area (Å²) in [5, 5.41) is 12.2. The van der Waals surface area contributed by atoms with Crippen LogP contribution < -0.4 is 5.32 Å². The molecular formula is C13H28N4. The van der Waals surface area contributed by atoms with Crippen LogP contribution >= 0.6 is 0 Å². The highest BCUT2D eigenvalue weighted by Crippen LogP contribution is 2.08. The lowest BCUT2D eigenvalue weighted by atomic mass is 10.00. The molecule has 0 bridgehead atoms. The molecule has 0 heterocycles. The monoisotopic (exact) mass is 240 g/mol. The fourth-order valence-electron chi connectivity index (χ4n) is 1.61. The molecule has 0 amide bonds. The topological polar surface area (TPSA) is 42.3 Å². The van der Waals surface area contributed by atoms with Gasteiger partial charge in [0.25, 0.3) is 0 Å². The first-order chi connectivity index (χ1) is 7.97. The molecule has 0 rings (SSSR count). The fourth-order valence-corrected chi connectivity index (χ4v) is 1.61. The molecule has 0 fully saturated rings. The van der Waals surface area contributed by atoms with Gasteiger partial charge in [0.1, 0.15) is 5.54 Å². The Labute approximate surface area is 107 Å². The molecule has 0 radical (unpaired) electrons. The number of nitrogens with zero attached hydrogens (tertiary/aromatic N) is 3. The molecular weight excluding hydrogens is 212 g/mol. The van der Waals surface area contributed by atoms with Gasteiger partial charge in [-0.1, -0.05) is 6.92 Å². The van der Waals surface area contributed by atoms with Crippen LogP contribution in [0.15, 0.2) is 0 Å². The second kappa shape index (κ2) is 8.46. The van der Waals surface area contributed by atoms with Crippen LogP contribution in [-0.2, 0) is 0 Å². The van der Waals surface area contributed by atoms with E-state index < -0.39 is 5.54 Å². The molecule has 100 valence electrons. The first kappa shape index (κ1) is 16.4. The summed E-state index contributed by atoms with van der Waals surface area (Å²) in [7, 11) is 6.04. The average molecular weight is 240 g/mol. The van der Waals surface area contributed by atoms with Gasteiger partial charge < -0.3 is 15.1 Å². The maximum atomic E-state index is 9.11. The lowest BCUT2D eigenvalue weighted by Gasteiger charge is -2.28. The summed E-state index contributed by atoms with van der Waals surface area (Å²) in [5.41, 5.74) is -0.399. The van der Waals surface area contributed by atoms with E-state index in [2.05, 4.69) is 42.2 Å². The second-order valence-corrected chi connectivity index (χ2v) is 5.09. The van der Waals surface area contributed by atoms with Crippen LogP contribution in [0.3, 0.4) is 0 Å². The number of rotatable bonds is 9. The molecule has 17 heavy (non-hydrogen) atoms. The van der Waals surface area contributed by atoms with Gasteiger partial charge in [-0.05, 0) is 47.5 Å².